The summed E-state index contributed by atoms with van der Waals surface area (Å²) in [7, 11) is 1.32. The predicted molar refractivity (Wildman–Crippen MR) is 133 cm³/mol. The van der Waals surface area contributed by atoms with Crippen molar-refractivity contribution in [1.29, 1.82) is 0 Å². The zero-order valence-corrected chi connectivity index (χ0v) is 21.2. The third-order valence-electron chi connectivity index (χ3n) is 7.81. The number of methoxy groups -OCH3 is 1. The van der Waals surface area contributed by atoms with Gasteiger partial charge in [-0.2, -0.15) is 0 Å². The SMILES string of the molecule is COc1cccc2c1C(=O)c1c(O)c3c(c(O)c1C2=O)C[C@@](O)(C(=O)CO)C[C@@H]3OC1CC(N)C(O)C(C)O1.[H+]. The Morgan fingerprint density at radius 3 is 2.51 bits per heavy atom. The summed E-state index contributed by atoms with van der Waals surface area (Å²) in [4.78, 5) is 39.7. The Balaban J connectivity index is 0.00000370. The van der Waals surface area contributed by atoms with Gasteiger partial charge in [-0.25, -0.2) is 0 Å². The van der Waals surface area contributed by atoms with Gasteiger partial charge < -0.3 is 45.5 Å². The largest absolute Gasteiger partial charge is 1.00 e. The van der Waals surface area contributed by atoms with E-state index in [2.05, 4.69) is 0 Å². The number of fused-ring (bicyclic) bond motifs is 3. The molecule has 12 heteroatoms. The summed E-state index contributed by atoms with van der Waals surface area (Å²) in [5, 5.41) is 53.7. The van der Waals surface area contributed by atoms with E-state index in [-0.39, 0.29) is 35.9 Å². The van der Waals surface area contributed by atoms with Gasteiger partial charge >= 0.3 is 1.43 Å². The smallest absolute Gasteiger partial charge is 0.507 e. The normalized spacial score (nSPS) is 29.8. The van der Waals surface area contributed by atoms with Gasteiger partial charge in [0.05, 0.1) is 42.1 Å². The predicted octanol–water partition coefficient (Wildman–Crippen LogP) is 0.114. The van der Waals surface area contributed by atoms with E-state index in [1.807, 2.05) is 0 Å². The average molecular weight is 545 g/mol. The van der Waals surface area contributed by atoms with Gasteiger partial charge in [0.2, 0.25) is 5.78 Å². The van der Waals surface area contributed by atoms with Crippen LogP contribution in [0.2, 0.25) is 0 Å². The number of carbonyl (C=O) groups is 3. The minimum Gasteiger partial charge on any atom is -0.507 e. The fourth-order valence-corrected chi connectivity index (χ4v) is 5.75. The van der Waals surface area contributed by atoms with Crippen LogP contribution in [-0.4, -0.2) is 86.7 Å². The van der Waals surface area contributed by atoms with Crippen LogP contribution in [0, 0.1) is 0 Å². The molecule has 2 aliphatic carbocycles. The third-order valence-corrected chi connectivity index (χ3v) is 7.81. The Morgan fingerprint density at radius 2 is 1.87 bits per heavy atom. The van der Waals surface area contributed by atoms with Crippen molar-refractivity contribution in [3.05, 3.63) is 51.6 Å². The van der Waals surface area contributed by atoms with Gasteiger partial charge in [-0.15, -0.1) is 0 Å². The Hall–Kier alpha value is -3.39. The molecule has 1 saturated heterocycles. The van der Waals surface area contributed by atoms with Crippen LogP contribution in [0.4, 0.5) is 0 Å². The Bertz CT molecular complexity index is 1380. The third kappa shape index (κ3) is 4.11. The molecule has 0 bridgehead atoms. The topological polar surface area (TPSA) is 206 Å². The molecule has 39 heavy (non-hydrogen) atoms. The van der Waals surface area contributed by atoms with Crippen LogP contribution in [0.1, 0.15) is 70.3 Å². The molecule has 0 aromatic heterocycles. The molecule has 7 N–H and O–H groups in total. The molecule has 12 nitrogen and oxygen atoms in total. The van der Waals surface area contributed by atoms with E-state index in [1.54, 1.807) is 6.92 Å². The van der Waals surface area contributed by atoms with Gasteiger partial charge in [0.1, 0.15) is 29.5 Å². The Kier molecular flexibility index (Phi) is 6.74. The Labute approximate surface area is 224 Å². The number of ether oxygens (including phenoxy) is 3. The molecule has 0 amide bonds. The fourth-order valence-electron chi connectivity index (χ4n) is 5.75. The van der Waals surface area contributed by atoms with Crippen LogP contribution in [-0.2, 0) is 20.7 Å². The Morgan fingerprint density at radius 1 is 1.18 bits per heavy atom. The molecule has 1 heterocycles. The second kappa shape index (κ2) is 9.66. The lowest BCUT2D eigenvalue weighted by Crippen LogP contribution is -2.53. The number of hydrogen-bond donors (Lipinski definition) is 6. The first-order chi connectivity index (χ1) is 18.4. The molecule has 1 aliphatic heterocycles. The van der Waals surface area contributed by atoms with Crippen LogP contribution in [0.5, 0.6) is 17.2 Å². The van der Waals surface area contributed by atoms with Crippen molar-refractivity contribution in [2.45, 2.75) is 62.4 Å². The number of benzene rings is 2. The second-order valence-electron chi connectivity index (χ2n) is 10.2. The molecule has 4 unspecified atom stereocenters. The number of phenolic OH excluding ortho intramolecular Hbond substituents is 2. The van der Waals surface area contributed by atoms with E-state index in [0.717, 1.165) is 0 Å². The zero-order chi connectivity index (χ0) is 28.4. The second-order valence-corrected chi connectivity index (χ2v) is 10.2. The molecule has 0 spiro atoms. The van der Waals surface area contributed by atoms with E-state index in [1.165, 1.54) is 25.3 Å². The van der Waals surface area contributed by atoms with Crippen molar-refractivity contribution in [3.8, 4) is 17.2 Å². The number of rotatable bonds is 5. The van der Waals surface area contributed by atoms with Gasteiger partial charge in [-0.1, -0.05) is 12.1 Å². The number of carbonyl (C=O) groups excluding carboxylic acids is 3. The maximum atomic E-state index is 13.6. The van der Waals surface area contributed by atoms with E-state index in [0.29, 0.717) is 0 Å². The molecular formula is C27H30NO11+. The molecule has 2 aromatic rings. The van der Waals surface area contributed by atoms with E-state index in [9.17, 15) is 39.9 Å². The highest BCUT2D eigenvalue weighted by atomic mass is 16.7. The lowest BCUT2D eigenvalue weighted by molar-refractivity contribution is -0.247. The lowest BCUT2D eigenvalue weighted by Gasteiger charge is -2.42. The quantitative estimate of drug-likeness (QED) is 0.237. The molecule has 2 aromatic carbocycles. The van der Waals surface area contributed by atoms with Crippen molar-refractivity contribution < 1.29 is 55.6 Å². The number of ketones is 3. The molecule has 6 atom stereocenters. The minimum atomic E-state index is -2.24. The van der Waals surface area contributed by atoms with E-state index < -0.39 is 95.7 Å². The van der Waals surface area contributed by atoms with Crippen molar-refractivity contribution in [3.63, 3.8) is 0 Å². The summed E-state index contributed by atoms with van der Waals surface area (Å²) < 4.78 is 17.0. The van der Waals surface area contributed by atoms with Crippen molar-refractivity contribution >= 4 is 17.3 Å². The summed E-state index contributed by atoms with van der Waals surface area (Å²) in [6, 6.07) is 3.64. The summed E-state index contributed by atoms with van der Waals surface area (Å²) >= 11 is 0. The molecule has 5 rings (SSSR count). The number of aliphatic hydroxyl groups excluding tert-OH is 2. The van der Waals surface area contributed by atoms with E-state index in [4.69, 9.17) is 19.9 Å². The highest BCUT2D eigenvalue weighted by Gasteiger charge is 2.50. The first-order valence-corrected chi connectivity index (χ1v) is 12.4. The molecule has 0 radical (unpaired) electrons. The highest BCUT2D eigenvalue weighted by molar-refractivity contribution is 6.31. The fraction of sp³-hybridized carbons (Fsp3) is 0.444. The molecule has 1 fully saturated rings. The van der Waals surface area contributed by atoms with E-state index >= 15 is 0 Å². The maximum Gasteiger partial charge on any atom is 1.00 e. The van der Waals surface area contributed by atoms with Crippen LogP contribution in [0.25, 0.3) is 0 Å². The molecule has 208 valence electrons. The first kappa shape index (κ1) is 27.2. The number of aliphatic hydroxyl groups is 3. The molecule has 0 saturated carbocycles. The van der Waals surface area contributed by atoms with Crippen LogP contribution < -0.4 is 10.5 Å². The molecule has 3 aliphatic rings. The van der Waals surface area contributed by atoms with Gasteiger partial charge in [0.15, 0.2) is 17.9 Å². The van der Waals surface area contributed by atoms with Crippen LogP contribution >= 0.6 is 0 Å². The van der Waals surface area contributed by atoms with Crippen LogP contribution in [0.15, 0.2) is 18.2 Å². The zero-order valence-electron chi connectivity index (χ0n) is 22.2. The van der Waals surface area contributed by atoms with Crippen LogP contribution in [0.3, 0.4) is 0 Å². The minimum absolute atomic E-state index is 0. The van der Waals surface area contributed by atoms with Gasteiger partial charge in [0, 0.05) is 42.0 Å². The van der Waals surface area contributed by atoms with Gasteiger partial charge in [-0.3, -0.25) is 14.4 Å². The monoisotopic (exact) mass is 544 g/mol. The highest BCUT2D eigenvalue weighted by Crippen LogP contribution is 2.52. The molecular weight excluding hydrogens is 514 g/mol. The number of aromatic hydroxyl groups is 2. The standard InChI is InChI=1S/C27H29NO11/c1-10-22(31)13(28)6-17(38-10)39-15-8-27(36,16(30)9-29)7-12-19(15)26(35)21-20(24(12)33)23(32)11-4-3-5-14(37-2)18(11)25(21)34/h3-5,10,13,15,17,22,29,31,33,35-36H,6-9,28H2,1-2H3/p+1/t10?,13?,15-,17?,22?,27-/m0/s1. The first-order valence-electron chi connectivity index (χ1n) is 12.4. The summed E-state index contributed by atoms with van der Waals surface area (Å²) in [5.74, 6) is -3.77. The number of nitrogens with two attached hydrogens (primary N) is 1. The van der Waals surface area contributed by atoms with Gasteiger partial charge in [0.25, 0.3) is 0 Å². The average Bonchev–Trinajstić information content (AvgIpc) is 2.90. The van der Waals surface area contributed by atoms with Gasteiger partial charge in [-0.05, 0) is 13.0 Å². The summed E-state index contributed by atoms with van der Waals surface area (Å²) in [6.07, 6.45) is -5.12. The summed E-state index contributed by atoms with van der Waals surface area (Å²) in [6.45, 7) is 0.560. The van der Waals surface area contributed by atoms with Crippen molar-refractivity contribution in [1.82, 2.24) is 0 Å². The summed E-state index contributed by atoms with van der Waals surface area (Å²) in [5.41, 5.74) is 2.37. The number of phenols is 2. The van der Waals surface area contributed by atoms with Crippen molar-refractivity contribution in [2.24, 2.45) is 5.73 Å². The number of Topliss-reactive ketones (excluding diaryl/α,β-unsaturated/α-hetero) is 1. The lowest BCUT2D eigenvalue weighted by atomic mass is 9.72. The number of hydrogen-bond acceptors (Lipinski definition) is 12. The van der Waals surface area contributed by atoms with Crippen molar-refractivity contribution in [2.75, 3.05) is 13.7 Å². The maximum absolute atomic E-state index is 13.6.